The number of hydrogen-bond donors (Lipinski definition) is 1. The maximum atomic E-state index is 13.6. The first-order valence-electron chi connectivity index (χ1n) is 10.5. The second kappa shape index (κ2) is 8.26. The molecule has 2 aliphatic rings. The smallest absolute Gasteiger partial charge is 0.275 e. The lowest BCUT2D eigenvalue weighted by atomic mass is 9.82. The number of hydrogen-bond acceptors (Lipinski definition) is 4. The second-order valence-corrected chi connectivity index (χ2v) is 8.53. The first kappa shape index (κ1) is 20.7. The van der Waals surface area contributed by atoms with Crippen molar-refractivity contribution < 1.29 is 14.3 Å². The summed E-state index contributed by atoms with van der Waals surface area (Å²) >= 11 is 6.06. The van der Waals surface area contributed by atoms with Gasteiger partial charge in [-0.2, -0.15) is 4.98 Å². The number of aromatic nitrogens is 1. The van der Waals surface area contributed by atoms with Gasteiger partial charge in [0.25, 0.3) is 5.91 Å². The average Bonchev–Trinajstić information content (AvgIpc) is 2.76. The summed E-state index contributed by atoms with van der Waals surface area (Å²) in [4.78, 5) is 32.2. The molecule has 4 rings (SSSR count). The lowest BCUT2D eigenvalue weighted by Gasteiger charge is -2.43. The van der Waals surface area contributed by atoms with Crippen LogP contribution >= 0.6 is 11.6 Å². The third-order valence-electron chi connectivity index (χ3n) is 6.02. The first-order chi connectivity index (χ1) is 14.4. The lowest BCUT2D eigenvalue weighted by Crippen LogP contribution is -2.55. The summed E-state index contributed by atoms with van der Waals surface area (Å²) in [6.07, 6.45) is 5.00. The van der Waals surface area contributed by atoms with Crippen LogP contribution < -0.4 is 15.0 Å². The number of nitrogens with one attached hydrogen (secondary N) is 1. The zero-order chi connectivity index (χ0) is 21.3. The Kier molecular flexibility index (Phi) is 5.69. The van der Waals surface area contributed by atoms with Crippen LogP contribution in [0.3, 0.4) is 0 Å². The van der Waals surface area contributed by atoms with Crippen LogP contribution in [0.4, 0.5) is 17.2 Å². The Morgan fingerprint density at radius 3 is 2.57 bits per heavy atom. The molecule has 1 aromatic heterocycles. The van der Waals surface area contributed by atoms with E-state index in [1.165, 1.54) is 0 Å². The van der Waals surface area contributed by atoms with Crippen molar-refractivity contribution in [3.05, 3.63) is 41.4 Å². The van der Waals surface area contributed by atoms with Gasteiger partial charge in [0.05, 0.1) is 0 Å². The molecular formula is C23H26ClN3O3. The van der Waals surface area contributed by atoms with Gasteiger partial charge in [0.2, 0.25) is 11.8 Å². The molecule has 2 heterocycles. The van der Waals surface area contributed by atoms with Crippen LogP contribution in [-0.4, -0.2) is 22.4 Å². The number of fused-ring (bicyclic) bond motifs is 1. The molecule has 1 aliphatic carbocycles. The molecule has 30 heavy (non-hydrogen) atoms. The molecule has 1 fully saturated rings. The van der Waals surface area contributed by atoms with Gasteiger partial charge < -0.3 is 10.1 Å². The van der Waals surface area contributed by atoms with E-state index < -0.39 is 5.60 Å². The molecule has 0 unspecified atom stereocenters. The molecule has 6 nitrogen and oxygen atoms in total. The minimum atomic E-state index is -0.919. The third kappa shape index (κ3) is 3.76. The Balaban J connectivity index is 1.75. The fraction of sp³-hybridized carbons (Fsp3) is 0.435. The van der Waals surface area contributed by atoms with E-state index in [1.54, 1.807) is 29.2 Å². The summed E-state index contributed by atoms with van der Waals surface area (Å²) in [6, 6.07) is 10.7. The number of rotatable bonds is 4. The lowest BCUT2D eigenvalue weighted by molar-refractivity contribution is -0.137. The van der Waals surface area contributed by atoms with Crippen LogP contribution in [0.5, 0.6) is 5.88 Å². The van der Waals surface area contributed by atoms with Gasteiger partial charge in [0, 0.05) is 16.6 Å². The summed E-state index contributed by atoms with van der Waals surface area (Å²) in [7, 11) is 0. The topological polar surface area (TPSA) is 71.5 Å². The van der Waals surface area contributed by atoms with Crippen molar-refractivity contribution in [3.63, 3.8) is 0 Å². The molecule has 2 aromatic rings. The van der Waals surface area contributed by atoms with Gasteiger partial charge in [0.1, 0.15) is 11.5 Å². The zero-order valence-electron chi connectivity index (χ0n) is 17.3. The molecule has 1 atom stereocenters. The highest BCUT2D eigenvalue weighted by molar-refractivity contribution is 6.30. The Hall–Kier alpha value is -2.60. The number of carbonyl (C=O) groups excluding carboxylic acids is 2. The predicted molar refractivity (Wildman–Crippen MR) is 117 cm³/mol. The third-order valence-corrected chi connectivity index (χ3v) is 6.28. The molecule has 0 radical (unpaired) electrons. The van der Waals surface area contributed by atoms with Gasteiger partial charge in [-0.05, 0) is 68.5 Å². The Labute approximate surface area is 181 Å². The van der Waals surface area contributed by atoms with E-state index in [0.29, 0.717) is 35.2 Å². The van der Waals surface area contributed by atoms with Gasteiger partial charge >= 0.3 is 0 Å². The summed E-state index contributed by atoms with van der Waals surface area (Å²) in [5, 5.41) is 3.46. The minimum absolute atomic E-state index is 0.0739. The maximum absolute atomic E-state index is 13.6. The van der Waals surface area contributed by atoms with Crippen molar-refractivity contribution in [3.8, 4) is 5.88 Å². The molecule has 1 N–H and O–H groups in total. The van der Waals surface area contributed by atoms with Gasteiger partial charge in [0.15, 0.2) is 5.60 Å². The molecule has 0 saturated heterocycles. The zero-order valence-corrected chi connectivity index (χ0v) is 18.0. The molecule has 1 spiro atoms. The quantitative estimate of drug-likeness (QED) is 0.701. The molecule has 7 heteroatoms. The summed E-state index contributed by atoms with van der Waals surface area (Å²) < 4.78 is 6.28. The highest BCUT2D eigenvalue weighted by atomic mass is 35.5. The van der Waals surface area contributed by atoms with Crippen molar-refractivity contribution in [2.24, 2.45) is 5.92 Å². The van der Waals surface area contributed by atoms with Gasteiger partial charge in [-0.15, -0.1) is 0 Å². The Morgan fingerprint density at radius 2 is 1.90 bits per heavy atom. The summed E-state index contributed by atoms with van der Waals surface area (Å²) in [5.74, 6) is 0.526. The number of halogens is 1. The average molecular weight is 428 g/mol. The second-order valence-electron chi connectivity index (χ2n) is 8.09. The van der Waals surface area contributed by atoms with Crippen LogP contribution in [0.1, 0.15) is 52.4 Å². The van der Waals surface area contributed by atoms with Gasteiger partial charge in [-0.1, -0.05) is 31.9 Å². The van der Waals surface area contributed by atoms with Crippen LogP contribution in [-0.2, 0) is 9.59 Å². The van der Waals surface area contributed by atoms with Crippen molar-refractivity contribution in [2.45, 2.75) is 58.0 Å². The number of anilines is 3. The van der Waals surface area contributed by atoms with E-state index in [-0.39, 0.29) is 17.7 Å². The monoisotopic (exact) mass is 427 g/mol. The highest BCUT2D eigenvalue weighted by Crippen LogP contribution is 2.46. The van der Waals surface area contributed by atoms with Crippen LogP contribution in [0.2, 0.25) is 5.02 Å². The minimum Gasteiger partial charge on any atom is -0.459 e. The summed E-state index contributed by atoms with van der Waals surface area (Å²) in [6.45, 7) is 3.85. The number of ether oxygens (including phenoxy) is 1. The molecule has 1 aliphatic heterocycles. The molecule has 158 valence electrons. The number of nitrogens with zero attached hydrogens (tertiary/aromatic N) is 2. The predicted octanol–water partition coefficient (Wildman–Crippen LogP) is 5.48. The Bertz CT molecular complexity index is 955. The van der Waals surface area contributed by atoms with E-state index in [4.69, 9.17) is 16.3 Å². The highest BCUT2D eigenvalue weighted by Gasteiger charge is 2.50. The largest absolute Gasteiger partial charge is 0.459 e. The molecule has 1 aromatic carbocycles. The van der Waals surface area contributed by atoms with Crippen molar-refractivity contribution in [1.29, 1.82) is 0 Å². The van der Waals surface area contributed by atoms with Gasteiger partial charge in [-0.25, -0.2) is 0 Å². The Morgan fingerprint density at radius 1 is 1.20 bits per heavy atom. The normalized spacial score (nSPS) is 18.5. The van der Waals surface area contributed by atoms with E-state index in [0.717, 1.165) is 31.4 Å². The maximum Gasteiger partial charge on any atom is 0.275 e. The molecule has 2 amide bonds. The van der Waals surface area contributed by atoms with E-state index in [1.807, 2.05) is 26.0 Å². The SMILES string of the molecule is CC[C@@H](C)C(=O)Nc1ccc2c(n1)OC1(CCCCC1)C(=O)N2c1ccc(Cl)cc1. The van der Waals surface area contributed by atoms with Crippen molar-refractivity contribution in [1.82, 2.24) is 4.98 Å². The fourth-order valence-corrected chi connectivity index (χ4v) is 4.14. The molecular weight excluding hydrogens is 402 g/mol. The number of benzene rings is 1. The molecule has 0 bridgehead atoms. The van der Waals surface area contributed by atoms with Crippen LogP contribution in [0, 0.1) is 5.92 Å². The summed E-state index contributed by atoms with van der Waals surface area (Å²) in [5.41, 5.74) is 0.370. The van der Waals surface area contributed by atoms with Crippen LogP contribution in [0.15, 0.2) is 36.4 Å². The van der Waals surface area contributed by atoms with E-state index in [9.17, 15) is 9.59 Å². The number of amides is 2. The van der Waals surface area contributed by atoms with E-state index in [2.05, 4.69) is 10.3 Å². The van der Waals surface area contributed by atoms with Gasteiger partial charge in [-0.3, -0.25) is 14.5 Å². The van der Waals surface area contributed by atoms with E-state index >= 15 is 0 Å². The van der Waals surface area contributed by atoms with Crippen molar-refractivity contribution >= 4 is 40.6 Å². The fourth-order valence-electron chi connectivity index (χ4n) is 4.01. The first-order valence-corrected chi connectivity index (χ1v) is 10.9. The standard InChI is InChI=1S/C23H26ClN3O3/c1-3-15(2)20(28)25-19-12-11-18-21(26-19)30-23(13-5-4-6-14-23)22(29)27(18)17-9-7-16(24)8-10-17/h7-12,15H,3-6,13-14H2,1-2H3,(H,25,26,28)/t15-/m1/s1. The van der Waals surface area contributed by atoms with Crippen molar-refractivity contribution in [2.75, 3.05) is 10.2 Å². The molecule has 1 saturated carbocycles. The number of carbonyl (C=O) groups is 2. The van der Waals surface area contributed by atoms with Crippen LogP contribution in [0.25, 0.3) is 0 Å². The number of pyridine rings is 1.